The Bertz CT molecular complexity index is 181. The van der Waals surface area contributed by atoms with Crippen molar-refractivity contribution >= 4 is 0 Å². The van der Waals surface area contributed by atoms with Crippen LogP contribution in [-0.4, -0.2) is 30.1 Å². The van der Waals surface area contributed by atoms with Crippen LogP contribution in [-0.2, 0) is 0 Å². The van der Waals surface area contributed by atoms with Gasteiger partial charge in [0.25, 0.3) is 0 Å². The minimum Gasteiger partial charge on any atom is -0.329 e. The van der Waals surface area contributed by atoms with Crippen molar-refractivity contribution in [3.63, 3.8) is 0 Å². The summed E-state index contributed by atoms with van der Waals surface area (Å²) in [5, 5.41) is 0. The molecule has 2 N–H and O–H groups in total. The predicted molar refractivity (Wildman–Crippen MR) is 66.9 cm³/mol. The zero-order valence-electron chi connectivity index (χ0n) is 10.9. The van der Waals surface area contributed by atoms with Gasteiger partial charge in [0.05, 0.1) is 0 Å². The molecule has 0 spiro atoms. The van der Waals surface area contributed by atoms with Crippen LogP contribution in [0.4, 0.5) is 0 Å². The molecule has 0 aliphatic carbocycles. The summed E-state index contributed by atoms with van der Waals surface area (Å²) >= 11 is 0. The van der Waals surface area contributed by atoms with Crippen molar-refractivity contribution < 1.29 is 0 Å². The molecule has 2 heteroatoms. The van der Waals surface area contributed by atoms with Gasteiger partial charge in [-0.1, -0.05) is 27.2 Å². The van der Waals surface area contributed by atoms with Crippen LogP contribution in [0.15, 0.2) is 0 Å². The Morgan fingerprint density at radius 1 is 1.40 bits per heavy atom. The Hall–Kier alpha value is -0.0800. The number of hydrogen-bond acceptors (Lipinski definition) is 2. The molecule has 1 saturated heterocycles. The van der Waals surface area contributed by atoms with Crippen molar-refractivity contribution in [2.24, 2.45) is 17.6 Å². The third kappa shape index (κ3) is 2.94. The Morgan fingerprint density at radius 2 is 2.07 bits per heavy atom. The number of hydrogen-bond donors (Lipinski definition) is 1. The van der Waals surface area contributed by atoms with E-state index >= 15 is 0 Å². The monoisotopic (exact) mass is 212 g/mol. The number of piperidine rings is 1. The second-order valence-electron chi connectivity index (χ2n) is 5.29. The van der Waals surface area contributed by atoms with Gasteiger partial charge in [-0.25, -0.2) is 0 Å². The predicted octanol–water partition coefficient (Wildman–Crippen LogP) is 2.48. The van der Waals surface area contributed by atoms with E-state index in [0.717, 1.165) is 18.4 Å². The molecule has 0 radical (unpaired) electrons. The van der Waals surface area contributed by atoms with E-state index in [4.69, 9.17) is 5.73 Å². The molecule has 1 aliphatic heterocycles. The summed E-state index contributed by atoms with van der Waals surface area (Å²) in [6.45, 7) is 11.4. The Morgan fingerprint density at radius 3 is 2.60 bits per heavy atom. The van der Waals surface area contributed by atoms with Gasteiger partial charge < -0.3 is 5.73 Å². The Balaban J connectivity index is 2.64. The lowest BCUT2D eigenvalue weighted by Crippen LogP contribution is -2.53. The lowest BCUT2D eigenvalue weighted by atomic mass is 9.87. The standard InChI is InChI=1S/C13H28N2/c1-5-10(2)12(4)15-8-6-7-11(3)13(15)9-14/h10-13H,5-9,14H2,1-4H3. The van der Waals surface area contributed by atoms with Crippen LogP contribution in [0, 0.1) is 11.8 Å². The first-order valence-corrected chi connectivity index (χ1v) is 6.57. The van der Waals surface area contributed by atoms with E-state index in [1.165, 1.54) is 25.8 Å². The van der Waals surface area contributed by atoms with Crippen molar-refractivity contribution in [1.82, 2.24) is 4.90 Å². The van der Waals surface area contributed by atoms with E-state index < -0.39 is 0 Å². The van der Waals surface area contributed by atoms with E-state index in [9.17, 15) is 0 Å². The molecular weight excluding hydrogens is 184 g/mol. The SMILES string of the molecule is CCC(C)C(C)N1CCCC(C)C1CN. The first-order valence-electron chi connectivity index (χ1n) is 6.57. The molecule has 0 aromatic rings. The summed E-state index contributed by atoms with van der Waals surface area (Å²) in [4.78, 5) is 2.66. The second-order valence-corrected chi connectivity index (χ2v) is 5.29. The third-order valence-corrected chi connectivity index (χ3v) is 4.39. The van der Waals surface area contributed by atoms with E-state index in [1.807, 2.05) is 0 Å². The number of rotatable bonds is 4. The van der Waals surface area contributed by atoms with Crippen LogP contribution in [0.3, 0.4) is 0 Å². The maximum Gasteiger partial charge on any atom is 0.0246 e. The highest BCUT2D eigenvalue weighted by atomic mass is 15.2. The van der Waals surface area contributed by atoms with Gasteiger partial charge in [-0.15, -0.1) is 0 Å². The number of nitrogens with zero attached hydrogens (tertiary/aromatic N) is 1. The fraction of sp³-hybridized carbons (Fsp3) is 1.00. The van der Waals surface area contributed by atoms with E-state index in [2.05, 4.69) is 32.6 Å². The molecule has 1 aliphatic rings. The summed E-state index contributed by atoms with van der Waals surface area (Å²) in [6, 6.07) is 1.30. The zero-order valence-corrected chi connectivity index (χ0v) is 10.9. The average molecular weight is 212 g/mol. The highest BCUT2D eigenvalue weighted by Gasteiger charge is 2.31. The molecule has 15 heavy (non-hydrogen) atoms. The lowest BCUT2D eigenvalue weighted by molar-refractivity contribution is 0.0458. The molecule has 4 atom stereocenters. The van der Waals surface area contributed by atoms with Crippen molar-refractivity contribution in [2.45, 2.75) is 59.0 Å². The molecule has 2 nitrogen and oxygen atoms in total. The molecule has 4 unspecified atom stereocenters. The van der Waals surface area contributed by atoms with E-state index in [0.29, 0.717) is 12.1 Å². The van der Waals surface area contributed by atoms with Crippen molar-refractivity contribution in [3.05, 3.63) is 0 Å². The zero-order chi connectivity index (χ0) is 11.4. The quantitative estimate of drug-likeness (QED) is 0.776. The second kappa shape index (κ2) is 5.86. The Kier molecular flexibility index (Phi) is 5.07. The first kappa shape index (κ1) is 13.0. The van der Waals surface area contributed by atoms with Crippen molar-refractivity contribution in [3.8, 4) is 0 Å². The molecular formula is C13H28N2. The molecule has 0 bridgehead atoms. The summed E-state index contributed by atoms with van der Waals surface area (Å²) in [6.07, 6.45) is 3.97. The van der Waals surface area contributed by atoms with Crippen molar-refractivity contribution in [1.29, 1.82) is 0 Å². The van der Waals surface area contributed by atoms with Crippen LogP contribution in [0.1, 0.15) is 47.0 Å². The largest absolute Gasteiger partial charge is 0.329 e. The van der Waals surface area contributed by atoms with Gasteiger partial charge in [0.2, 0.25) is 0 Å². The molecule has 1 rings (SSSR count). The maximum absolute atomic E-state index is 5.92. The van der Waals surface area contributed by atoms with Crippen LogP contribution in [0.25, 0.3) is 0 Å². The maximum atomic E-state index is 5.92. The molecule has 0 aromatic heterocycles. The summed E-state index contributed by atoms with van der Waals surface area (Å²) in [5.74, 6) is 1.56. The van der Waals surface area contributed by atoms with Gasteiger partial charge in [0.1, 0.15) is 0 Å². The summed E-state index contributed by atoms with van der Waals surface area (Å²) in [7, 11) is 0. The first-order chi connectivity index (χ1) is 7.11. The van der Waals surface area contributed by atoms with Crippen LogP contribution >= 0.6 is 0 Å². The summed E-state index contributed by atoms with van der Waals surface area (Å²) in [5.41, 5.74) is 5.92. The highest BCUT2D eigenvalue weighted by molar-refractivity contribution is 4.87. The highest BCUT2D eigenvalue weighted by Crippen LogP contribution is 2.27. The van der Waals surface area contributed by atoms with Gasteiger partial charge in [0.15, 0.2) is 0 Å². The van der Waals surface area contributed by atoms with Crippen molar-refractivity contribution in [2.75, 3.05) is 13.1 Å². The van der Waals surface area contributed by atoms with Crippen LogP contribution in [0.5, 0.6) is 0 Å². The Labute approximate surface area is 95.2 Å². The smallest absolute Gasteiger partial charge is 0.0246 e. The van der Waals surface area contributed by atoms with Gasteiger partial charge in [-0.05, 0) is 38.1 Å². The van der Waals surface area contributed by atoms with Crippen LogP contribution < -0.4 is 5.73 Å². The minimum absolute atomic E-state index is 0.614. The number of likely N-dealkylation sites (tertiary alicyclic amines) is 1. The topological polar surface area (TPSA) is 29.3 Å². The molecule has 1 heterocycles. The average Bonchev–Trinajstić information content (AvgIpc) is 2.26. The normalized spacial score (nSPS) is 32.6. The number of nitrogens with two attached hydrogens (primary N) is 1. The fourth-order valence-electron chi connectivity index (χ4n) is 2.82. The molecule has 0 amide bonds. The lowest BCUT2D eigenvalue weighted by Gasteiger charge is -2.44. The fourth-order valence-corrected chi connectivity index (χ4v) is 2.82. The molecule has 0 aromatic carbocycles. The van der Waals surface area contributed by atoms with E-state index in [1.54, 1.807) is 0 Å². The molecule has 90 valence electrons. The molecule has 1 fully saturated rings. The van der Waals surface area contributed by atoms with Gasteiger partial charge >= 0.3 is 0 Å². The van der Waals surface area contributed by atoms with Gasteiger partial charge in [0, 0.05) is 18.6 Å². The van der Waals surface area contributed by atoms with Gasteiger partial charge in [-0.3, -0.25) is 4.90 Å². The third-order valence-electron chi connectivity index (χ3n) is 4.39. The minimum atomic E-state index is 0.614. The summed E-state index contributed by atoms with van der Waals surface area (Å²) < 4.78 is 0. The molecule has 0 saturated carbocycles. The van der Waals surface area contributed by atoms with Gasteiger partial charge in [-0.2, -0.15) is 0 Å². The van der Waals surface area contributed by atoms with E-state index in [-0.39, 0.29) is 0 Å². The van der Waals surface area contributed by atoms with Crippen LogP contribution in [0.2, 0.25) is 0 Å².